The summed E-state index contributed by atoms with van der Waals surface area (Å²) >= 11 is 0. The lowest BCUT2D eigenvalue weighted by atomic mass is 10.3. The fourth-order valence-corrected chi connectivity index (χ4v) is 1.22. The summed E-state index contributed by atoms with van der Waals surface area (Å²) in [5.74, 6) is 0. The molecule has 12 heavy (non-hydrogen) atoms. The van der Waals surface area contributed by atoms with Crippen molar-refractivity contribution in [3.8, 4) is 0 Å². The lowest BCUT2D eigenvalue weighted by Crippen LogP contribution is -2.29. The average molecular weight is 174 g/mol. The molecule has 0 bridgehead atoms. The molecule has 1 heterocycles. The Morgan fingerprint density at radius 2 is 0.833 bits per heavy atom. The minimum absolute atomic E-state index is 0.730. The van der Waals surface area contributed by atoms with E-state index in [0.29, 0.717) is 0 Å². The molecule has 3 heteroatoms. The van der Waals surface area contributed by atoms with E-state index in [9.17, 15) is 0 Å². The van der Waals surface area contributed by atoms with Gasteiger partial charge in [-0.25, -0.2) is 0 Å². The standard InChI is InChI=1S/C9H21N3/c1-4-10-6-2-8-12-9-3-7-11-5-1/h10-12H,1-9H2/i/hD3. The van der Waals surface area contributed by atoms with Crippen LogP contribution in [0.15, 0.2) is 0 Å². The van der Waals surface area contributed by atoms with E-state index >= 15 is 0 Å². The van der Waals surface area contributed by atoms with Gasteiger partial charge in [0.1, 0.15) is 4.24 Å². The Hall–Kier alpha value is -0.120. The Morgan fingerprint density at radius 3 is 1.08 bits per heavy atom. The zero-order valence-corrected chi connectivity index (χ0v) is 7.71. The Balaban J connectivity index is 2.30. The van der Waals surface area contributed by atoms with Gasteiger partial charge in [-0.05, 0) is 58.5 Å². The van der Waals surface area contributed by atoms with Crippen LogP contribution in [0.1, 0.15) is 19.3 Å². The molecule has 0 unspecified atom stereocenters. The number of hydrogen-bond acceptors (Lipinski definition) is 3. The molecule has 0 aliphatic carbocycles. The van der Waals surface area contributed by atoms with Crippen molar-refractivity contribution in [3.05, 3.63) is 0 Å². The Labute approximate surface area is 79.7 Å². The third kappa shape index (κ3) is 5.52. The summed E-state index contributed by atoms with van der Waals surface area (Å²) in [6.45, 7) is 4.38. The first-order chi connectivity index (χ1) is 7.18. The van der Waals surface area contributed by atoms with Crippen molar-refractivity contribution in [2.45, 2.75) is 19.3 Å². The van der Waals surface area contributed by atoms with E-state index in [0.717, 1.165) is 58.5 Å². The van der Waals surface area contributed by atoms with Gasteiger partial charge in [0.25, 0.3) is 0 Å². The maximum absolute atomic E-state index is 7.61. The summed E-state index contributed by atoms with van der Waals surface area (Å²) in [6.07, 6.45) is 2.66. The van der Waals surface area contributed by atoms with Crippen LogP contribution >= 0.6 is 0 Å². The van der Waals surface area contributed by atoms with E-state index < -0.39 is 0 Å². The van der Waals surface area contributed by atoms with Crippen molar-refractivity contribution in [1.82, 2.24) is 15.9 Å². The predicted octanol–water partition coefficient (Wildman–Crippen LogP) is -0.0609. The first kappa shape index (κ1) is 6.35. The minimum Gasteiger partial charge on any atom is -0.317 e. The number of rotatable bonds is 0. The molecule has 3 nitrogen and oxygen atoms in total. The molecule has 0 aromatic rings. The molecule has 0 radical (unpaired) electrons. The Bertz CT molecular complexity index is 130. The van der Waals surface area contributed by atoms with Crippen LogP contribution in [0.5, 0.6) is 0 Å². The minimum atomic E-state index is 0.730. The van der Waals surface area contributed by atoms with Gasteiger partial charge in [0.15, 0.2) is 0 Å². The van der Waals surface area contributed by atoms with E-state index in [1.165, 1.54) is 0 Å². The van der Waals surface area contributed by atoms with Crippen molar-refractivity contribution in [2.75, 3.05) is 39.3 Å². The molecule has 72 valence electrons. The summed E-state index contributed by atoms with van der Waals surface area (Å²) in [6, 6.07) is 0. The van der Waals surface area contributed by atoms with Crippen molar-refractivity contribution in [3.63, 3.8) is 0 Å². The molecule has 0 spiro atoms. The zero-order valence-electron chi connectivity index (χ0n) is 10.7. The molecule has 0 amide bonds. The van der Waals surface area contributed by atoms with Crippen LogP contribution < -0.4 is 15.9 Å². The highest BCUT2D eigenvalue weighted by molar-refractivity contribution is 4.57. The third-order valence-electron chi connectivity index (χ3n) is 1.90. The normalized spacial score (nSPS) is 32.5. The fourth-order valence-electron chi connectivity index (χ4n) is 1.22. The SMILES string of the molecule is [2H]N1CCCN([2H])CCCN([2H])CCC1. The van der Waals surface area contributed by atoms with Gasteiger partial charge in [-0.1, -0.05) is 0 Å². The van der Waals surface area contributed by atoms with E-state index in [4.69, 9.17) is 4.24 Å². The molecule has 0 aromatic heterocycles. The molecule has 0 saturated carbocycles. The number of hydrogen-bond donors (Lipinski definition) is 3. The van der Waals surface area contributed by atoms with Gasteiger partial charge in [0.2, 0.25) is 0 Å². The quantitative estimate of drug-likeness (QED) is 0.481. The fraction of sp³-hybridized carbons (Fsp3) is 1.00. The Morgan fingerprint density at radius 1 is 0.583 bits per heavy atom. The second-order valence-corrected chi connectivity index (χ2v) is 3.07. The summed E-state index contributed by atoms with van der Waals surface area (Å²) in [5.41, 5.74) is 0. The van der Waals surface area contributed by atoms with Gasteiger partial charge in [-0.3, -0.25) is 0 Å². The molecule has 0 atom stereocenters. The molecule has 1 aliphatic heterocycles. The van der Waals surface area contributed by atoms with Crippen LogP contribution in [0.25, 0.3) is 0 Å². The first-order valence-electron chi connectivity index (χ1n) is 6.24. The van der Waals surface area contributed by atoms with Gasteiger partial charge >= 0.3 is 0 Å². The molecule has 0 aromatic carbocycles. The molecule has 1 rings (SSSR count). The average Bonchev–Trinajstić information content (AvgIpc) is 2.16. The van der Waals surface area contributed by atoms with Gasteiger partial charge in [-0.2, -0.15) is 0 Å². The first-order valence-corrected chi connectivity index (χ1v) is 4.90. The largest absolute Gasteiger partial charge is 0.317 e. The van der Waals surface area contributed by atoms with Crippen molar-refractivity contribution in [2.24, 2.45) is 0 Å². The smallest absolute Gasteiger partial charge is 0.122 e. The van der Waals surface area contributed by atoms with Crippen LogP contribution in [0.3, 0.4) is 0 Å². The zero-order chi connectivity index (χ0) is 11.1. The van der Waals surface area contributed by atoms with Crippen LogP contribution in [0.2, 0.25) is 4.24 Å². The molecule has 1 saturated heterocycles. The summed E-state index contributed by atoms with van der Waals surface area (Å²) in [5, 5.41) is 4.63. The monoisotopic (exact) mass is 174 g/mol. The molecular formula is C9H21N3. The summed E-state index contributed by atoms with van der Waals surface area (Å²) in [7, 11) is 0. The van der Waals surface area contributed by atoms with Gasteiger partial charge in [0.05, 0.1) is 0 Å². The van der Waals surface area contributed by atoms with Crippen molar-refractivity contribution >= 4 is 0 Å². The highest BCUT2D eigenvalue weighted by Gasteiger charge is 1.93. The van der Waals surface area contributed by atoms with Crippen molar-refractivity contribution in [1.29, 1.82) is 0 Å². The van der Waals surface area contributed by atoms with E-state index in [1.54, 1.807) is 15.9 Å². The predicted molar refractivity (Wildman–Crippen MR) is 52.5 cm³/mol. The summed E-state index contributed by atoms with van der Waals surface area (Å²) in [4.78, 5) is 0. The molecule has 3 N–H and O–H groups in total. The van der Waals surface area contributed by atoms with Crippen LogP contribution in [-0.4, -0.2) is 39.3 Å². The Kier molecular flexibility index (Phi) is 3.98. The third-order valence-corrected chi connectivity index (χ3v) is 1.90. The number of nitrogens with one attached hydrogen (secondary N) is 3. The van der Waals surface area contributed by atoms with E-state index in [1.807, 2.05) is 0 Å². The lowest BCUT2D eigenvalue weighted by molar-refractivity contribution is 0.527. The maximum Gasteiger partial charge on any atom is 0.122 e. The molecule has 1 fully saturated rings. The van der Waals surface area contributed by atoms with E-state index in [2.05, 4.69) is 0 Å². The van der Waals surface area contributed by atoms with Gasteiger partial charge < -0.3 is 15.9 Å². The molecular weight excluding hydrogens is 150 g/mol. The van der Waals surface area contributed by atoms with Crippen LogP contribution in [0.4, 0.5) is 0 Å². The summed E-state index contributed by atoms with van der Waals surface area (Å²) < 4.78 is 22.8. The topological polar surface area (TPSA) is 36.1 Å². The molecule has 1 aliphatic rings. The lowest BCUT2D eigenvalue weighted by Gasteiger charge is -2.09. The van der Waals surface area contributed by atoms with E-state index in [-0.39, 0.29) is 0 Å². The van der Waals surface area contributed by atoms with Gasteiger partial charge in [-0.15, -0.1) is 0 Å². The second-order valence-electron chi connectivity index (χ2n) is 3.07. The highest BCUT2D eigenvalue weighted by Crippen LogP contribution is 1.81. The second kappa shape index (κ2) is 7.53. The van der Waals surface area contributed by atoms with Crippen molar-refractivity contribution < 1.29 is 4.24 Å². The van der Waals surface area contributed by atoms with Crippen LogP contribution in [0, 0.1) is 0 Å². The maximum atomic E-state index is 7.61. The van der Waals surface area contributed by atoms with Crippen LogP contribution in [-0.2, 0) is 0 Å². The highest BCUT2D eigenvalue weighted by atomic mass is 14.9. The van der Waals surface area contributed by atoms with Gasteiger partial charge in [0, 0.05) is 0 Å².